The van der Waals surface area contributed by atoms with Crippen molar-refractivity contribution in [2.45, 2.75) is 52.4 Å². The monoisotopic (exact) mass is 391 g/mol. The number of carbonyl (C=O) groups excluding carboxylic acids is 2. The van der Waals surface area contributed by atoms with E-state index in [2.05, 4.69) is 39.8 Å². The standard InChI is InChI=1S/C25H29NO3/c1-16-5-14-21-22(15-16)24(28)26(23(21)27)18-8-12-20(13-9-18)29-19-10-6-17(7-11-19)25(2,3)4/h6-13,16,21-22H,5,14-15H2,1-4H3/t16-,21-,22-/m1/s1. The van der Waals surface area contributed by atoms with E-state index in [0.717, 1.165) is 25.0 Å². The van der Waals surface area contributed by atoms with E-state index in [1.807, 2.05) is 24.3 Å². The summed E-state index contributed by atoms with van der Waals surface area (Å²) in [5.74, 6) is 1.57. The predicted octanol–water partition coefficient (Wildman–Crippen LogP) is 5.70. The molecule has 29 heavy (non-hydrogen) atoms. The number of hydrogen-bond donors (Lipinski definition) is 0. The van der Waals surface area contributed by atoms with Crippen LogP contribution in [0.25, 0.3) is 0 Å². The molecule has 0 bridgehead atoms. The van der Waals surface area contributed by atoms with Crippen LogP contribution >= 0.6 is 0 Å². The van der Waals surface area contributed by atoms with Crippen molar-refractivity contribution in [3.05, 3.63) is 54.1 Å². The Morgan fingerprint density at radius 3 is 1.97 bits per heavy atom. The number of amides is 2. The SMILES string of the molecule is C[C@@H]1CC[C@H]2C(=O)N(c3ccc(Oc4ccc(C(C)(C)C)cc4)cc3)C(=O)[C@@H]2C1. The third kappa shape index (κ3) is 3.81. The largest absolute Gasteiger partial charge is 0.457 e. The van der Waals surface area contributed by atoms with Gasteiger partial charge in [-0.2, -0.15) is 0 Å². The summed E-state index contributed by atoms with van der Waals surface area (Å²) in [6.07, 6.45) is 2.66. The Kier molecular flexibility index (Phi) is 4.97. The zero-order chi connectivity index (χ0) is 20.8. The molecule has 2 aromatic rings. The van der Waals surface area contributed by atoms with Gasteiger partial charge in [0.2, 0.25) is 11.8 Å². The third-order valence-electron chi connectivity index (χ3n) is 6.24. The number of anilines is 1. The number of nitrogens with zero attached hydrogens (tertiary/aromatic N) is 1. The van der Waals surface area contributed by atoms with E-state index in [4.69, 9.17) is 4.74 Å². The van der Waals surface area contributed by atoms with Crippen molar-refractivity contribution in [2.75, 3.05) is 4.90 Å². The molecule has 2 aliphatic rings. The molecule has 4 rings (SSSR count). The van der Waals surface area contributed by atoms with Crippen molar-refractivity contribution in [3.8, 4) is 11.5 Å². The molecule has 2 fully saturated rings. The summed E-state index contributed by atoms with van der Waals surface area (Å²) in [5, 5.41) is 0. The van der Waals surface area contributed by atoms with Crippen LogP contribution in [-0.2, 0) is 15.0 Å². The fraction of sp³-hybridized carbons (Fsp3) is 0.440. The van der Waals surface area contributed by atoms with Crippen LogP contribution in [0.1, 0.15) is 52.5 Å². The first kappa shape index (κ1) is 19.7. The molecular weight excluding hydrogens is 362 g/mol. The first-order valence-electron chi connectivity index (χ1n) is 10.5. The minimum absolute atomic E-state index is 0.0432. The normalized spacial score (nSPS) is 24.6. The number of hydrogen-bond acceptors (Lipinski definition) is 3. The van der Waals surface area contributed by atoms with Crippen LogP contribution in [0.4, 0.5) is 5.69 Å². The highest BCUT2D eigenvalue weighted by atomic mass is 16.5. The topological polar surface area (TPSA) is 46.6 Å². The molecule has 152 valence electrons. The maximum atomic E-state index is 12.9. The number of rotatable bonds is 3. The van der Waals surface area contributed by atoms with Crippen LogP contribution in [0, 0.1) is 17.8 Å². The molecule has 1 saturated carbocycles. The first-order chi connectivity index (χ1) is 13.7. The summed E-state index contributed by atoms with van der Waals surface area (Å²) in [6, 6.07) is 15.3. The van der Waals surface area contributed by atoms with E-state index in [-0.39, 0.29) is 29.1 Å². The Morgan fingerprint density at radius 1 is 0.828 bits per heavy atom. The molecule has 2 aromatic carbocycles. The van der Waals surface area contributed by atoms with E-state index in [1.165, 1.54) is 10.5 Å². The maximum absolute atomic E-state index is 12.9. The fourth-order valence-electron chi connectivity index (χ4n) is 4.47. The number of carbonyl (C=O) groups is 2. The molecule has 1 saturated heterocycles. The third-order valence-corrected chi connectivity index (χ3v) is 6.24. The quantitative estimate of drug-likeness (QED) is 0.630. The van der Waals surface area contributed by atoms with Gasteiger partial charge in [0, 0.05) is 0 Å². The second-order valence-corrected chi connectivity index (χ2v) is 9.51. The molecule has 3 atom stereocenters. The zero-order valence-electron chi connectivity index (χ0n) is 17.6. The lowest BCUT2D eigenvalue weighted by Gasteiger charge is -2.25. The van der Waals surface area contributed by atoms with E-state index in [9.17, 15) is 9.59 Å². The van der Waals surface area contributed by atoms with Gasteiger partial charge in [0.15, 0.2) is 0 Å². The maximum Gasteiger partial charge on any atom is 0.237 e. The summed E-state index contributed by atoms with van der Waals surface area (Å²) in [7, 11) is 0. The van der Waals surface area contributed by atoms with Crippen LogP contribution in [-0.4, -0.2) is 11.8 Å². The van der Waals surface area contributed by atoms with Gasteiger partial charge in [-0.05, 0) is 72.6 Å². The smallest absolute Gasteiger partial charge is 0.237 e. The van der Waals surface area contributed by atoms with Gasteiger partial charge in [0.05, 0.1) is 17.5 Å². The van der Waals surface area contributed by atoms with E-state index in [0.29, 0.717) is 17.4 Å². The van der Waals surface area contributed by atoms with Crippen molar-refractivity contribution in [1.82, 2.24) is 0 Å². The van der Waals surface area contributed by atoms with Gasteiger partial charge in [-0.15, -0.1) is 0 Å². The van der Waals surface area contributed by atoms with E-state index < -0.39 is 0 Å². The molecule has 0 aromatic heterocycles. The molecule has 0 radical (unpaired) electrons. The molecule has 0 unspecified atom stereocenters. The average Bonchev–Trinajstić information content (AvgIpc) is 2.92. The Morgan fingerprint density at radius 2 is 1.38 bits per heavy atom. The summed E-state index contributed by atoms with van der Waals surface area (Å²) in [5.41, 5.74) is 1.99. The Bertz CT molecular complexity index is 909. The van der Waals surface area contributed by atoms with Gasteiger partial charge in [-0.1, -0.05) is 39.8 Å². The van der Waals surface area contributed by atoms with Crippen molar-refractivity contribution in [1.29, 1.82) is 0 Å². The van der Waals surface area contributed by atoms with E-state index in [1.54, 1.807) is 12.1 Å². The highest BCUT2D eigenvalue weighted by molar-refractivity contribution is 6.22. The lowest BCUT2D eigenvalue weighted by atomic mass is 9.76. The van der Waals surface area contributed by atoms with Crippen molar-refractivity contribution >= 4 is 17.5 Å². The molecular formula is C25H29NO3. The van der Waals surface area contributed by atoms with Crippen LogP contribution in [0.15, 0.2) is 48.5 Å². The Hall–Kier alpha value is -2.62. The van der Waals surface area contributed by atoms with Crippen LogP contribution in [0.3, 0.4) is 0 Å². The summed E-state index contributed by atoms with van der Waals surface area (Å²) in [4.78, 5) is 27.1. The van der Waals surface area contributed by atoms with Gasteiger partial charge in [0.25, 0.3) is 0 Å². The fourth-order valence-corrected chi connectivity index (χ4v) is 4.47. The second kappa shape index (κ2) is 7.33. The summed E-state index contributed by atoms with van der Waals surface area (Å²) >= 11 is 0. The highest BCUT2D eigenvalue weighted by Gasteiger charge is 2.49. The minimum Gasteiger partial charge on any atom is -0.457 e. The Balaban J connectivity index is 1.48. The molecule has 0 N–H and O–H groups in total. The van der Waals surface area contributed by atoms with Crippen molar-refractivity contribution in [3.63, 3.8) is 0 Å². The summed E-state index contributed by atoms with van der Waals surface area (Å²) < 4.78 is 5.94. The molecule has 2 amide bonds. The molecule has 4 heteroatoms. The molecule has 1 aliphatic carbocycles. The number of benzene rings is 2. The van der Waals surface area contributed by atoms with Gasteiger partial charge in [-0.3, -0.25) is 14.5 Å². The van der Waals surface area contributed by atoms with Crippen molar-refractivity contribution < 1.29 is 14.3 Å². The summed E-state index contributed by atoms with van der Waals surface area (Å²) in [6.45, 7) is 8.70. The van der Waals surface area contributed by atoms with E-state index >= 15 is 0 Å². The van der Waals surface area contributed by atoms with Gasteiger partial charge < -0.3 is 4.74 Å². The minimum atomic E-state index is -0.150. The molecule has 4 nitrogen and oxygen atoms in total. The zero-order valence-corrected chi connectivity index (χ0v) is 17.6. The number of fused-ring (bicyclic) bond motifs is 1. The van der Waals surface area contributed by atoms with Crippen LogP contribution in [0.2, 0.25) is 0 Å². The van der Waals surface area contributed by atoms with Gasteiger partial charge in [-0.25, -0.2) is 0 Å². The van der Waals surface area contributed by atoms with Gasteiger partial charge in [0.1, 0.15) is 11.5 Å². The molecule has 1 heterocycles. The lowest BCUT2D eigenvalue weighted by molar-refractivity contribution is -0.122. The van der Waals surface area contributed by atoms with Crippen LogP contribution in [0.5, 0.6) is 11.5 Å². The molecule has 0 spiro atoms. The number of ether oxygens (including phenoxy) is 1. The van der Waals surface area contributed by atoms with Gasteiger partial charge >= 0.3 is 0 Å². The Labute approximate surface area is 172 Å². The number of imide groups is 1. The predicted molar refractivity (Wildman–Crippen MR) is 114 cm³/mol. The first-order valence-corrected chi connectivity index (χ1v) is 10.5. The van der Waals surface area contributed by atoms with Crippen LogP contribution < -0.4 is 9.64 Å². The molecule has 1 aliphatic heterocycles. The lowest BCUT2D eigenvalue weighted by Crippen LogP contribution is -2.30. The average molecular weight is 392 g/mol. The van der Waals surface area contributed by atoms with Crippen molar-refractivity contribution in [2.24, 2.45) is 17.8 Å². The second-order valence-electron chi connectivity index (χ2n) is 9.51. The highest BCUT2D eigenvalue weighted by Crippen LogP contribution is 2.42.